The van der Waals surface area contributed by atoms with Crippen LogP contribution in [0.1, 0.15) is 52.7 Å². The number of rotatable bonds is 4. The highest BCUT2D eigenvalue weighted by molar-refractivity contribution is 8.13. The van der Waals surface area contributed by atoms with Crippen LogP contribution >= 0.6 is 10.7 Å². The summed E-state index contributed by atoms with van der Waals surface area (Å²) in [6.07, 6.45) is 2.01. The first-order valence-corrected chi connectivity index (χ1v) is 15.6. The Bertz CT molecular complexity index is 1250. The summed E-state index contributed by atoms with van der Waals surface area (Å²) >= 11 is 0. The molecule has 0 aliphatic carbocycles. The van der Waals surface area contributed by atoms with Crippen LogP contribution in [0.5, 0.6) is 11.5 Å². The second-order valence-corrected chi connectivity index (χ2v) is 15.2. The smallest absolute Gasteiger partial charge is 0.229 e. The molecule has 0 bridgehead atoms. The molecule has 0 saturated heterocycles. The monoisotopic (exact) mass is 580 g/mol. The number of hydrogen-bond acceptors (Lipinski definition) is 9. The summed E-state index contributed by atoms with van der Waals surface area (Å²) in [5.41, 5.74) is 21.5. The molecule has 37 heavy (non-hydrogen) atoms. The van der Waals surface area contributed by atoms with Crippen molar-refractivity contribution in [2.45, 2.75) is 52.4 Å². The third-order valence-electron chi connectivity index (χ3n) is 4.70. The number of nitrogens with two attached hydrogens (primary N) is 3. The highest BCUT2D eigenvalue weighted by Crippen LogP contribution is 2.37. The van der Waals surface area contributed by atoms with Gasteiger partial charge >= 0.3 is 0 Å². The Balaban J connectivity index is 0.000000605. The Labute approximate surface area is 226 Å². The van der Waals surface area contributed by atoms with Crippen LogP contribution in [-0.2, 0) is 29.9 Å². The van der Waals surface area contributed by atoms with E-state index in [2.05, 4.69) is 36.2 Å². The second-order valence-electron chi connectivity index (χ2n) is 10.4. The normalized spacial score (nSPS) is 11.9. The van der Waals surface area contributed by atoms with E-state index >= 15 is 0 Å². The van der Waals surface area contributed by atoms with Crippen LogP contribution in [0, 0.1) is 0 Å². The van der Waals surface area contributed by atoms with Gasteiger partial charge in [-0.05, 0) is 46.2 Å². The summed E-state index contributed by atoms with van der Waals surface area (Å²) in [5, 5.41) is 0. The molecule has 7 N–H and O–H groups in total. The van der Waals surface area contributed by atoms with E-state index in [0.717, 1.165) is 23.6 Å². The molecule has 0 radical (unpaired) electrons. The molecule has 0 saturated carbocycles. The van der Waals surface area contributed by atoms with Gasteiger partial charge in [0, 0.05) is 10.7 Å². The number of nitrogens with one attached hydrogen (secondary N) is 1. The van der Waals surface area contributed by atoms with Crippen LogP contribution in [0.4, 0.5) is 22.7 Å². The average Bonchev–Trinajstić information content (AvgIpc) is 2.64. The Morgan fingerprint density at radius 1 is 0.703 bits per heavy atom. The number of sulfonamides is 1. The number of anilines is 4. The molecule has 13 heteroatoms. The lowest BCUT2D eigenvalue weighted by atomic mass is 9.86. The summed E-state index contributed by atoms with van der Waals surface area (Å²) < 4.78 is 54.1. The minimum absolute atomic E-state index is 0.0501. The van der Waals surface area contributed by atoms with Crippen molar-refractivity contribution in [1.82, 2.24) is 0 Å². The third-order valence-corrected chi connectivity index (χ3v) is 5.29. The maximum Gasteiger partial charge on any atom is 0.229 e. The second kappa shape index (κ2) is 12.8. The molecule has 0 aliphatic heterocycles. The van der Waals surface area contributed by atoms with Gasteiger partial charge in [-0.2, -0.15) is 0 Å². The van der Waals surface area contributed by atoms with E-state index in [-0.39, 0.29) is 10.8 Å². The average molecular weight is 581 g/mol. The quantitative estimate of drug-likeness (QED) is 0.303. The Morgan fingerprint density at radius 3 is 1.27 bits per heavy atom. The minimum atomic E-state index is -3.37. The zero-order valence-corrected chi connectivity index (χ0v) is 25.6. The van der Waals surface area contributed by atoms with Crippen LogP contribution in [0.15, 0.2) is 24.3 Å². The van der Waals surface area contributed by atoms with E-state index in [1.54, 1.807) is 19.2 Å². The standard InChI is InChI=1S/C12H20N2O3S.C11H18N2O.CH3ClO2S/c1-12(2,3)8-6-9(13)11(17-4)10(7-8)14-18(5,15)16;1-11(2,3)7-5-8(12)10(14-4)9(13)6-7;1-5(2,3)4/h6-7,14H,13H2,1-5H3;5-6H,12-13H2,1-4H3;1H3. The van der Waals surface area contributed by atoms with Crippen molar-refractivity contribution in [2.24, 2.45) is 0 Å². The van der Waals surface area contributed by atoms with E-state index in [4.69, 9.17) is 26.7 Å². The molecule has 2 aromatic carbocycles. The Morgan fingerprint density at radius 2 is 1.00 bits per heavy atom. The summed E-state index contributed by atoms with van der Waals surface area (Å²) in [5.74, 6) is 0.909. The van der Waals surface area contributed by atoms with Gasteiger partial charge in [-0.15, -0.1) is 0 Å². The zero-order valence-electron chi connectivity index (χ0n) is 23.2. The van der Waals surface area contributed by atoms with Crippen molar-refractivity contribution in [3.8, 4) is 11.5 Å². The van der Waals surface area contributed by atoms with Gasteiger partial charge in [0.05, 0.1) is 49.5 Å². The van der Waals surface area contributed by atoms with Crippen LogP contribution < -0.4 is 31.4 Å². The van der Waals surface area contributed by atoms with Gasteiger partial charge < -0.3 is 26.7 Å². The molecule has 0 fully saturated rings. The first-order valence-electron chi connectivity index (χ1n) is 11.0. The SMILES string of the molecule is COc1c(N)cc(C(C)(C)C)cc1N.COc1c(N)cc(C(C)(C)C)cc1NS(C)(=O)=O.CS(=O)(=O)Cl. The predicted molar refractivity (Wildman–Crippen MR) is 156 cm³/mol. The molecular formula is C24H41ClN4O6S2. The van der Waals surface area contributed by atoms with Crippen molar-refractivity contribution in [3.63, 3.8) is 0 Å². The molecule has 0 heterocycles. The van der Waals surface area contributed by atoms with Gasteiger partial charge in [0.2, 0.25) is 19.1 Å². The van der Waals surface area contributed by atoms with Gasteiger partial charge in [-0.1, -0.05) is 41.5 Å². The number of methoxy groups -OCH3 is 2. The minimum Gasteiger partial charge on any atom is -0.492 e. The lowest BCUT2D eigenvalue weighted by molar-refractivity contribution is 0.418. The predicted octanol–water partition coefficient (Wildman–Crippen LogP) is 4.29. The Hall–Kier alpha value is -2.57. The molecule has 0 aromatic heterocycles. The molecule has 2 rings (SSSR count). The van der Waals surface area contributed by atoms with Crippen molar-refractivity contribution in [2.75, 3.05) is 48.7 Å². The molecule has 0 atom stereocenters. The van der Waals surface area contributed by atoms with Crippen molar-refractivity contribution >= 4 is 52.5 Å². The summed E-state index contributed by atoms with van der Waals surface area (Å²) in [6.45, 7) is 12.4. The third kappa shape index (κ3) is 13.0. The fraction of sp³-hybridized carbons (Fsp3) is 0.500. The van der Waals surface area contributed by atoms with Gasteiger partial charge in [-0.25, -0.2) is 16.8 Å². The summed E-state index contributed by atoms with van der Waals surface area (Å²) in [4.78, 5) is 0. The van der Waals surface area contributed by atoms with Crippen LogP contribution in [0.3, 0.4) is 0 Å². The molecular weight excluding hydrogens is 540 g/mol. The molecule has 0 unspecified atom stereocenters. The number of nitrogen functional groups attached to an aromatic ring is 3. The summed E-state index contributed by atoms with van der Waals surface area (Å²) in [7, 11) is 0.956. The van der Waals surface area contributed by atoms with E-state index in [1.165, 1.54) is 7.11 Å². The number of hydrogen-bond donors (Lipinski definition) is 4. The van der Waals surface area contributed by atoms with Crippen molar-refractivity contribution in [1.29, 1.82) is 0 Å². The van der Waals surface area contributed by atoms with Gasteiger partial charge in [0.25, 0.3) is 0 Å². The summed E-state index contributed by atoms with van der Waals surface area (Å²) in [6, 6.07) is 7.37. The number of ether oxygens (including phenoxy) is 2. The van der Waals surface area contributed by atoms with Crippen molar-refractivity contribution < 1.29 is 26.3 Å². The highest BCUT2D eigenvalue weighted by atomic mass is 35.7. The van der Waals surface area contributed by atoms with E-state index in [0.29, 0.717) is 34.2 Å². The van der Waals surface area contributed by atoms with Crippen LogP contribution in [0.25, 0.3) is 0 Å². The molecule has 0 aliphatic rings. The molecule has 212 valence electrons. The molecule has 2 aromatic rings. The largest absolute Gasteiger partial charge is 0.492 e. The maximum absolute atomic E-state index is 11.3. The Kier molecular flexibility index (Phi) is 11.9. The first-order chi connectivity index (χ1) is 16.4. The first kappa shape index (κ1) is 34.4. The fourth-order valence-electron chi connectivity index (χ4n) is 2.93. The molecule has 10 nitrogen and oxygen atoms in total. The van der Waals surface area contributed by atoms with Gasteiger partial charge in [0.15, 0.2) is 11.5 Å². The molecule has 0 amide bonds. The lowest BCUT2D eigenvalue weighted by Gasteiger charge is -2.22. The van der Waals surface area contributed by atoms with Crippen LogP contribution in [-0.4, -0.2) is 43.6 Å². The number of benzene rings is 2. The topological polar surface area (TPSA) is 177 Å². The van der Waals surface area contributed by atoms with Gasteiger partial charge in [-0.3, -0.25) is 4.72 Å². The zero-order chi connectivity index (χ0) is 29.6. The van der Waals surface area contributed by atoms with Crippen LogP contribution in [0.2, 0.25) is 0 Å². The highest BCUT2D eigenvalue weighted by Gasteiger charge is 2.20. The number of halogens is 1. The van der Waals surface area contributed by atoms with Crippen molar-refractivity contribution in [3.05, 3.63) is 35.4 Å². The van der Waals surface area contributed by atoms with E-state index in [1.807, 2.05) is 32.9 Å². The lowest BCUT2D eigenvalue weighted by Crippen LogP contribution is -2.15. The molecule has 0 spiro atoms. The van der Waals surface area contributed by atoms with E-state index in [9.17, 15) is 16.8 Å². The van der Waals surface area contributed by atoms with Gasteiger partial charge in [0.1, 0.15) is 0 Å². The van der Waals surface area contributed by atoms with E-state index < -0.39 is 19.1 Å². The maximum atomic E-state index is 11.3. The fourth-order valence-corrected chi connectivity index (χ4v) is 3.48.